The van der Waals surface area contributed by atoms with Crippen LogP contribution < -0.4 is 10.6 Å². The smallest absolute Gasteiger partial charge is 0.178 e. The topological polar surface area (TPSA) is 89.4 Å². The zero-order valence-corrected chi connectivity index (χ0v) is 17.4. The maximum absolute atomic E-state index is 14.4. The molecule has 1 aliphatic heterocycles. The Bertz CT molecular complexity index is 1320. The fourth-order valence-electron chi connectivity index (χ4n) is 3.99. The van der Waals surface area contributed by atoms with E-state index in [1.165, 1.54) is 24.3 Å². The first-order chi connectivity index (χ1) is 14.9. The summed E-state index contributed by atoms with van der Waals surface area (Å²) < 4.78 is 29.8. The SMILES string of the molecule is CC(=O)c1csc(-c2c(N)nn3ccc(N4CCCC4c4cc(F)ccc4F)nc23)n1. The van der Waals surface area contributed by atoms with E-state index in [0.29, 0.717) is 46.3 Å². The molecular weight excluding hydrogens is 422 g/mol. The van der Waals surface area contributed by atoms with Gasteiger partial charge in [0.25, 0.3) is 0 Å². The molecule has 1 aliphatic rings. The van der Waals surface area contributed by atoms with Crippen molar-refractivity contribution in [3.05, 3.63) is 58.7 Å². The van der Waals surface area contributed by atoms with Crippen LogP contribution >= 0.6 is 11.3 Å². The number of nitrogens with two attached hydrogens (primary N) is 1. The van der Waals surface area contributed by atoms with Gasteiger partial charge in [0, 0.05) is 30.6 Å². The molecule has 1 aromatic carbocycles. The largest absolute Gasteiger partial charge is 0.382 e. The van der Waals surface area contributed by atoms with E-state index in [1.807, 2.05) is 4.90 Å². The highest BCUT2D eigenvalue weighted by molar-refractivity contribution is 7.13. The minimum absolute atomic E-state index is 0.136. The highest BCUT2D eigenvalue weighted by atomic mass is 32.1. The number of carbonyl (C=O) groups is 1. The van der Waals surface area contributed by atoms with Crippen LogP contribution in [0.2, 0.25) is 0 Å². The summed E-state index contributed by atoms with van der Waals surface area (Å²) in [4.78, 5) is 22.7. The van der Waals surface area contributed by atoms with Gasteiger partial charge in [0.15, 0.2) is 17.2 Å². The highest BCUT2D eigenvalue weighted by Crippen LogP contribution is 2.38. The van der Waals surface area contributed by atoms with Gasteiger partial charge in [-0.25, -0.2) is 23.3 Å². The summed E-state index contributed by atoms with van der Waals surface area (Å²) in [5, 5.41) is 6.53. The quantitative estimate of drug-likeness (QED) is 0.477. The van der Waals surface area contributed by atoms with E-state index in [9.17, 15) is 13.6 Å². The Morgan fingerprint density at radius 3 is 2.87 bits per heavy atom. The molecule has 2 N–H and O–H groups in total. The van der Waals surface area contributed by atoms with Crippen molar-refractivity contribution < 1.29 is 13.6 Å². The van der Waals surface area contributed by atoms with Gasteiger partial charge in [-0.2, -0.15) is 0 Å². The molecule has 158 valence electrons. The molecule has 0 amide bonds. The third-order valence-corrected chi connectivity index (χ3v) is 6.30. The van der Waals surface area contributed by atoms with Gasteiger partial charge in [-0.1, -0.05) is 0 Å². The van der Waals surface area contributed by atoms with Crippen molar-refractivity contribution in [2.24, 2.45) is 0 Å². The standard InChI is InChI=1S/C21H18F2N6OS/c1-11(30)15-10-31-21(25-15)18-19(24)27-29-8-6-17(26-20(18)29)28-7-2-3-16(28)13-9-12(22)4-5-14(13)23/h4-6,8-10,16H,2-3,7H2,1H3,(H2,24,27). The van der Waals surface area contributed by atoms with Crippen LogP contribution in [0.3, 0.4) is 0 Å². The summed E-state index contributed by atoms with van der Waals surface area (Å²) in [5.41, 5.74) is 7.85. The number of halogens is 2. The van der Waals surface area contributed by atoms with Gasteiger partial charge in [-0.15, -0.1) is 16.4 Å². The van der Waals surface area contributed by atoms with Crippen molar-refractivity contribution in [1.29, 1.82) is 0 Å². The second-order valence-electron chi connectivity index (χ2n) is 7.43. The number of Topliss-reactive ketones (excluding diaryl/α,β-unsaturated/α-hetero) is 1. The number of carbonyl (C=O) groups excluding carboxylic acids is 1. The minimum atomic E-state index is -0.470. The zero-order chi connectivity index (χ0) is 21.7. The Labute approximate surface area is 180 Å². The van der Waals surface area contributed by atoms with Gasteiger partial charge in [0.1, 0.15) is 28.2 Å². The van der Waals surface area contributed by atoms with Crippen LogP contribution in [0.4, 0.5) is 20.4 Å². The summed E-state index contributed by atoms with van der Waals surface area (Å²) in [7, 11) is 0. The molecule has 4 heterocycles. The molecule has 3 aromatic heterocycles. The molecule has 7 nitrogen and oxygen atoms in total. The first kappa shape index (κ1) is 19.6. The van der Waals surface area contributed by atoms with E-state index in [1.54, 1.807) is 22.2 Å². The van der Waals surface area contributed by atoms with Crippen LogP contribution in [0.15, 0.2) is 35.8 Å². The molecule has 0 radical (unpaired) electrons. The number of aromatic nitrogens is 4. The lowest BCUT2D eigenvalue weighted by molar-refractivity contribution is 0.101. The van der Waals surface area contributed by atoms with E-state index in [2.05, 4.69) is 10.1 Å². The fourth-order valence-corrected chi connectivity index (χ4v) is 4.89. The van der Waals surface area contributed by atoms with Crippen molar-refractivity contribution >= 4 is 34.4 Å². The Morgan fingerprint density at radius 2 is 2.10 bits per heavy atom. The molecule has 4 aromatic rings. The molecule has 0 bridgehead atoms. The average Bonchev–Trinajstić information content (AvgIpc) is 3.46. The van der Waals surface area contributed by atoms with Gasteiger partial charge in [-0.05, 0) is 37.1 Å². The lowest BCUT2D eigenvalue weighted by Gasteiger charge is -2.26. The van der Waals surface area contributed by atoms with Crippen molar-refractivity contribution in [1.82, 2.24) is 19.6 Å². The molecule has 0 saturated carbocycles. The van der Waals surface area contributed by atoms with Crippen LogP contribution in [0, 0.1) is 11.6 Å². The minimum Gasteiger partial charge on any atom is -0.382 e. The number of fused-ring (bicyclic) bond motifs is 1. The van der Waals surface area contributed by atoms with Crippen molar-refractivity contribution in [3.8, 4) is 10.6 Å². The molecule has 10 heteroatoms. The third-order valence-electron chi connectivity index (χ3n) is 5.44. The molecule has 1 fully saturated rings. The summed E-state index contributed by atoms with van der Waals surface area (Å²) in [6, 6.07) is 4.98. The number of thiazole rings is 1. The molecular formula is C21H18F2N6OS. The Hall–Kier alpha value is -3.40. The summed E-state index contributed by atoms with van der Waals surface area (Å²) in [6.07, 6.45) is 3.25. The van der Waals surface area contributed by atoms with Gasteiger partial charge in [0.2, 0.25) is 0 Å². The van der Waals surface area contributed by atoms with Gasteiger partial charge in [-0.3, -0.25) is 4.79 Å². The second-order valence-corrected chi connectivity index (χ2v) is 8.28. The van der Waals surface area contributed by atoms with Gasteiger partial charge >= 0.3 is 0 Å². The van der Waals surface area contributed by atoms with Crippen molar-refractivity contribution in [2.45, 2.75) is 25.8 Å². The number of hydrogen-bond acceptors (Lipinski definition) is 7. The summed E-state index contributed by atoms with van der Waals surface area (Å²) >= 11 is 1.29. The van der Waals surface area contributed by atoms with E-state index in [4.69, 9.17) is 10.7 Å². The predicted octanol–water partition coefficient (Wildman–Crippen LogP) is 4.26. The lowest BCUT2D eigenvalue weighted by atomic mass is 10.0. The van der Waals surface area contributed by atoms with E-state index < -0.39 is 11.6 Å². The number of ketones is 1. The van der Waals surface area contributed by atoms with E-state index in [-0.39, 0.29) is 17.6 Å². The predicted molar refractivity (Wildman–Crippen MR) is 114 cm³/mol. The number of nitrogens with zero attached hydrogens (tertiary/aromatic N) is 5. The van der Waals surface area contributed by atoms with Gasteiger partial charge < -0.3 is 10.6 Å². The normalized spacial score (nSPS) is 16.4. The van der Waals surface area contributed by atoms with E-state index in [0.717, 1.165) is 18.6 Å². The van der Waals surface area contributed by atoms with E-state index >= 15 is 0 Å². The number of anilines is 2. The molecule has 5 rings (SSSR count). The number of hydrogen-bond donors (Lipinski definition) is 1. The van der Waals surface area contributed by atoms with Crippen LogP contribution in [-0.4, -0.2) is 31.9 Å². The van der Waals surface area contributed by atoms with Crippen LogP contribution in [0.25, 0.3) is 16.2 Å². The first-order valence-electron chi connectivity index (χ1n) is 9.75. The maximum Gasteiger partial charge on any atom is 0.178 e. The summed E-state index contributed by atoms with van der Waals surface area (Å²) in [6.45, 7) is 2.11. The molecule has 31 heavy (non-hydrogen) atoms. The second kappa shape index (κ2) is 7.38. The first-order valence-corrected chi connectivity index (χ1v) is 10.6. The molecule has 0 aliphatic carbocycles. The van der Waals surface area contributed by atoms with Crippen LogP contribution in [-0.2, 0) is 0 Å². The lowest BCUT2D eigenvalue weighted by Crippen LogP contribution is -2.24. The Balaban J connectivity index is 1.59. The maximum atomic E-state index is 14.4. The summed E-state index contributed by atoms with van der Waals surface area (Å²) in [5.74, 6) is -0.176. The van der Waals surface area contributed by atoms with Crippen LogP contribution in [0.5, 0.6) is 0 Å². The number of benzene rings is 1. The highest BCUT2D eigenvalue weighted by Gasteiger charge is 2.30. The Morgan fingerprint density at radius 1 is 1.26 bits per heavy atom. The molecule has 0 spiro atoms. The number of nitrogen functional groups attached to an aromatic ring is 1. The van der Waals surface area contributed by atoms with Crippen LogP contribution in [0.1, 0.15) is 41.9 Å². The molecule has 1 atom stereocenters. The molecule has 1 unspecified atom stereocenters. The monoisotopic (exact) mass is 440 g/mol. The van der Waals surface area contributed by atoms with Gasteiger partial charge in [0.05, 0.1) is 11.6 Å². The molecule has 1 saturated heterocycles. The average molecular weight is 440 g/mol. The third kappa shape index (κ3) is 3.32. The van der Waals surface area contributed by atoms with Crippen molar-refractivity contribution in [2.75, 3.05) is 17.2 Å². The number of rotatable bonds is 4. The van der Waals surface area contributed by atoms with Crippen molar-refractivity contribution in [3.63, 3.8) is 0 Å². The Kier molecular flexibility index (Phi) is 4.66. The zero-order valence-electron chi connectivity index (χ0n) is 16.5. The fraction of sp³-hybridized carbons (Fsp3) is 0.238.